The van der Waals surface area contributed by atoms with E-state index >= 15 is 0 Å². The maximum atomic E-state index is 10.8. The van der Waals surface area contributed by atoms with Crippen molar-refractivity contribution < 1.29 is 24.2 Å². The average Bonchev–Trinajstić information content (AvgIpc) is 2.37. The summed E-state index contributed by atoms with van der Waals surface area (Å²) < 4.78 is 10.3. The molecular weight excluding hydrogens is 250 g/mol. The van der Waals surface area contributed by atoms with Crippen LogP contribution in [0.15, 0.2) is 24.3 Å². The molecule has 0 aromatic heterocycles. The van der Waals surface area contributed by atoms with Crippen LogP contribution in [0, 0.1) is 0 Å². The second-order valence-electron chi connectivity index (χ2n) is 3.95. The maximum absolute atomic E-state index is 10.8. The predicted octanol–water partition coefficient (Wildman–Crippen LogP) is 0.801. The molecule has 1 aromatic rings. The zero-order valence-electron chi connectivity index (χ0n) is 10.9. The van der Waals surface area contributed by atoms with Crippen LogP contribution in [0.5, 0.6) is 5.75 Å². The van der Waals surface area contributed by atoms with Crippen LogP contribution in [0.1, 0.15) is 12.5 Å². The Hall–Kier alpha value is -2.08. The van der Waals surface area contributed by atoms with Crippen LogP contribution >= 0.6 is 0 Å². The van der Waals surface area contributed by atoms with E-state index in [1.54, 1.807) is 19.2 Å². The number of carbonyl (C=O) groups is 2. The van der Waals surface area contributed by atoms with Crippen molar-refractivity contribution in [1.82, 2.24) is 5.32 Å². The standard InChI is InChI=1S/C13H17NO5/c1-9(15)14-12(13(16)17)8-19-7-10-3-5-11(18-2)6-4-10/h3-6,12H,7-8H2,1-2H3,(H,14,15)(H,16,17). The molecule has 1 aromatic carbocycles. The zero-order chi connectivity index (χ0) is 14.3. The first-order valence-corrected chi connectivity index (χ1v) is 5.73. The third-order valence-electron chi connectivity index (χ3n) is 2.39. The molecule has 0 aliphatic heterocycles. The Balaban J connectivity index is 2.42. The summed E-state index contributed by atoms with van der Waals surface area (Å²) in [5.74, 6) is -0.782. The van der Waals surface area contributed by atoms with Gasteiger partial charge in [0.05, 0.1) is 20.3 Å². The molecule has 6 nitrogen and oxygen atoms in total. The van der Waals surface area contributed by atoms with E-state index in [4.69, 9.17) is 14.6 Å². The van der Waals surface area contributed by atoms with E-state index in [2.05, 4.69) is 5.32 Å². The number of carbonyl (C=O) groups excluding carboxylic acids is 1. The first-order valence-electron chi connectivity index (χ1n) is 5.73. The molecule has 2 N–H and O–H groups in total. The molecule has 19 heavy (non-hydrogen) atoms. The van der Waals surface area contributed by atoms with Crippen LogP contribution in [0.2, 0.25) is 0 Å². The molecule has 0 saturated heterocycles. The maximum Gasteiger partial charge on any atom is 0.328 e. The lowest BCUT2D eigenvalue weighted by Crippen LogP contribution is -2.42. The minimum Gasteiger partial charge on any atom is -0.497 e. The molecule has 1 amide bonds. The largest absolute Gasteiger partial charge is 0.497 e. The van der Waals surface area contributed by atoms with E-state index < -0.39 is 17.9 Å². The van der Waals surface area contributed by atoms with Crippen LogP contribution in [-0.4, -0.2) is 36.7 Å². The molecule has 0 fully saturated rings. The number of benzene rings is 1. The second-order valence-corrected chi connectivity index (χ2v) is 3.95. The van der Waals surface area contributed by atoms with E-state index in [0.29, 0.717) is 0 Å². The van der Waals surface area contributed by atoms with Gasteiger partial charge in [0.15, 0.2) is 6.04 Å². The Kier molecular flexibility index (Phi) is 5.81. The van der Waals surface area contributed by atoms with Gasteiger partial charge in [0.1, 0.15) is 5.75 Å². The van der Waals surface area contributed by atoms with Crippen molar-refractivity contribution in [3.63, 3.8) is 0 Å². The summed E-state index contributed by atoms with van der Waals surface area (Å²) in [7, 11) is 1.58. The van der Waals surface area contributed by atoms with Crippen molar-refractivity contribution in [2.75, 3.05) is 13.7 Å². The number of rotatable bonds is 7. The third kappa shape index (κ3) is 5.39. The highest BCUT2D eigenvalue weighted by atomic mass is 16.5. The summed E-state index contributed by atoms with van der Waals surface area (Å²) in [5, 5.41) is 11.2. The Bertz CT molecular complexity index is 429. The van der Waals surface area contributed by atoms with E-state index in [9.17, 15) is 9.59 Å². The molecule has 0 heterocycles. The highest BCUT2D eigenvalue weighted by Gasteiger charge is 2.18. The van der Waals surface area contributed by atoms with Gasteiger partial charge < -0.3 is 19.9 Å². The summed E-state index contributed by atoms with van der Waals surface area (Å²) in [6.45, 7) is 1.45. The predicted molar refractivity (Wildman–Crippen MR) is 67.9 cm³/mol. The first kappa shape index (κ1) is 15.0. The van der Waals surface area contributed by atoms with Gasteiger partial charge in [0.25, 0.3) is 0 Å². The van der Waals surface area contributed by atoms with E-state index in [1.807, 2.05) is 12.1 Å². The van der Waals surface area contributed by atoms with Crippen molar-refractivity contribution >= 4 is 11.9 Å². The SMILES string of the molecule is COc1ccc(COCC(NC(C)=O)C(=O)O)cc1. The average molecular weight is 267 g/mol. The highest BCUT2D eigenvalue weighted by molar-refractivity contribution is 5.82. The van der Waals surface area contributed by atoms with Gasteiger partial charge in [-0.05, 0) is 17.7 Å². The molecule has 0 bridgehead atoms. The third-order valence-corrected chi connectivity index (χ3v) is 2.39. The zero-order valence-corrected chi connectivity index (χ0v) is 10.9. The minimum atomic E-state index is -1.12. The first-order chi connectivity index (χ1) is 9.02. The Morgan fingerprint density at radius 1 is 1.32 bits per heavy atom. The van der Waals surface area contributed by atoms with E-state index in [1.165, 1.54) is 6.92 Å². The molecule has 0 radical (unpaired) electrons. The van der Waals surface area contributed by atoms with Crippen molar-refractivity contribution in [2.24, 2.45) is 0 Å². The van der Waals surface area contributed by atoms with Crippen molar-refractivity contribution in [3.8, 4) is 5.75 Å². The molecule has 1 unspecified atom stereocenters. The molecule has 6 heteroatoms. The molecule has 1 atom stereocenters. The van der Waals surface area contributed by atoms with Gasteiger partial charge in [-0.2, -0.15) is 0 Å². The topological polar surface area (TPSA) is 84.9 Å². The number of carboxylic acids is 1. The number of carboxylic acid groups (broad SMARTS) is 1. The quantitative estimate of drug-likeness (QED) is 0.763. The van der Waals surface area contributed by atoms with Crippen molar-refractivity contribution in [3.05, 3.63) is 29.8 Å². The number of aliphatic carboxylic acids is 1. The molecule has 1 rings (SSSR count). The molecule has 0 spiro atoms. The van der Waals surface area contributed by atoms with Gasteiger partial charge in [-0.15, -0.1) is 0 Å². The van der Waals surface area contributed by atoms with Crippen LogP contribution in [-0.2, 0) is 20.9 Å². The Morgan fingerprint density at radius 2 is 1.95 bits per heavy atom. The lowest BCUT2D eigenvalue weighted by molar-refractivity contribution is -0.143. The summed E-state index contributed by atoms with van der Waals surface area (Å²) in [6, 6.07) is 6.21. The lowest BCUT2D eigenvalue weighted by atomic mass is 10.2. The van der Waals surface area contributed by atoms with Crippen LogP contribution < -0.4 is 10.1 Å². The molecular formula is C13H17NO5. The summed E-state index contributed by atoms with van der Waals surface area (Å²) in [5.41, 5.74) is 0.896. The Morgan fingerprint density at radius 3 is 2.42 bits per heavy atom. The fourth-order valence-electron chi connectivity index (χ4n) is 1.44. The number of amides is 1. The smallest absolute Gasteiger partial charge is 0.328 e. The summed E-state index contributed by atoms with van der Waals surface area (Å²) >= 11 is 0. The number of nitrogens with one attached hydrogen (secondary N) is 1. The van der Waals surface area contributed by atoms with E-state index in [-0.39, 0.29) is 13.2 Å². The van der Waals surface area contributed by atoms with Crippen molar-refractivity contribution in [2.45, 2.75) is 19.6 Å². The van der Waals surface area contributed by atoms with Gasteiger partial charge >= 0.3 is 5.97 Å². The molecule has 104 valence electrons. The van der Waals surface area contributed by atoms with Crippen LogP contribution in [0.4, 0.5) is 0 Å². The summed E-state index contributed by atoms with van der Waals surface area (Å²) in [4.78, 5) is 21.7. The van der Waals surface area contributed by atoms with E-state index in [0.717, 1.165) is 11.3 Å². The monoisotopic (exact) mass is 267 g/mol. The fourth-order valence-corrected chi connectivity index (χ4v) is 1.44. The number of hydrogen-bond donors (Lipinski definition) is 2. The van der Waals surface area contributed by atoms with Crippen LogP contribution in [0.3, 0.4) is 0 Å². The lowest BCUT2D eigenvalue weighted by Gasteiger charge is -2.13. The van der Waals surface area contributed by atoms with Crippen LogP contribution in [0.25, 0.3) is 0 Å². The number of hydrogen-bond acceptors (Lipinski definition) is 4. The van der Waals surface area contributed by atoms with Gasteiger partial charge in [-0.3, -0.25) is 4.79 Å². The van der Waals surface area contributed by atoms with Gasteiger partial charge in [-0.1, -0.05) is 12.1 Å². The van der Waals surface area contributed by atoms with Gasteiger partial charge in [-0.25, -0.2) is 4.79 Å². The number of methoxy groups -OCH3 is 1. The molecule has 0 aliphatic carbocycles. The second kappa shape index (κ2) is 7.38. The highest BCUT2D eigenvalue weighted by Crippen LogP contribution is 2.11. The van der Waals surface area contributed by atoms with Gasteiger partial charge in [0.2, 0.25) is 5.91 Å². The van der Waals surface area contributed by atoms with Gasteiger partial charge in [0, 0.05) is 6.92 Å². The molecule has 0 aliphatic rings. The van der Waals surface area contributed by atoms with Crippen molar-refractivity contribution in [1.29, 1.82) is 0 Å². The number of ether oxygens (including phenoxy) is 2. The molecule has 0 saturated carbocycles. The normalized spacial score (nSPS) is 11.7. The minimum absolute atomic E-state index is 0.0824. The summed E-state index contributed by atoms with van der Waals surface area (Å²) in [6.07, 6.45) is 0. The Labute approximate surface area is 111 Å². The fraction of sp³-hybridized carbons (Fsp3) is 0.385.